The molecule has 3 aromatic carbocycles. The largest absolute Gasteiger partial charge is 0.484 e. The molecule has 0 heterocycles. The number of hydrogen-bond acceptors (Lipinski definition) is 4. The summed E-state index contributed by atoms with van der Waals surface area (Å²) < 4.78 is 5.45. The number of nitrogens with one attached hydrogen (secondary N) is 4. The number of carbonyl (C=O) groups is 3. The first-order chi connectivity index (χ1) is 16.4. The van der Waals surface area contributed by atoms with E-state index in [9.17, 15) is 14.4 Å². The molecule has 0 spiro atoms. The highest BCUT2D eigenvalue weighted by atomic mass is 16.5. The van der Waals surface area contributed by atoms with Gasteiger partial charge in [-0.3, -0.25) is 9.59 Å². The number of benzene rings is 3. The van der Waals surface area contributed by atoms with E-state index in [2.05, 4.69) is 21.3 Å². The molecule has 0 aliphatic carbocycles. The molecule has 8 heteroatoms. The van der Waals surface area contributed by atoms with E-state index in [0.29, 0.717) is 22.8 Å². The average molecular weight is 461 g/mol. The van der Waals surface area contributed by atoms with E-state index in [4.69, 9.17) is 4.74 Å². The minimum absolute atomic E-state index is 0.154. The third kappa shape index (κ3) is 7.67. The lowest BCUT2D eigenvalue weighted by Crippen LogP contribution is -2.48. The topological polar surface area (TPSA) is 109 Å². The van der Waals surface area contributed by atoms with Gasteiger partial charge in [-0.05, 0) is 48.4 Å². The van der Waals surface area contributed by atoms with Crippen molar-refractivity contribution in [1.82, 2.24) is 5.32 Å². The summed E-state index contributed by atoms with van der Waals surface area (Å²) in [6.07, 6.45) is 0. The van der Waals surface area contributed by atoms with Crippen LogP contribution in [-0.4, -0.2) is 30.5 Å². The molecule has 0 aliphatic heterocycles. The normalized spacial score (nSPS) is 11.3. The van der Waals surface area contributed by atoms with Crippen LogP contribution in [0.1, 0.15) is 13.8 Å². The van der Waals surface area contributed by atoms with Crippen LogP contribution in [0.25, 0.3) is 0 Å². The van der Waals surface area contributed by atoms with Crippen molar-refractivity contribution in [3.63, 3.8) is 0 Å². The molecule has 0 radical (unpaired) electrons. The van der Waals surface area contributed by atoms with Gasteiger partial charge in [-0.15, -0.1) is 0 Å². The minimum Gasteiger partial charge on any atom is -0.484 e. The highest BCUT2D eigenvalue weighted by Gasteiger charge is 2.24. The van der Waals surface area contributed by atoms with Crippen LogP contribution in [0.3, 0.4) is 0 Å². The van der Waals surface area contributed by atoms with Gasteiger partial charge in [0.2, 0.25) is 5.91 Å². The van der Waals surface area contributed by atoms with E-state index >= 15 is 0 Å². The van der Waals surface area contributed by atoms with Crippen LogP contribution in [0.5, 0.6) is 5.75 Å². The molecule has 1 atom stereocenters. The Morgan fingerprint density at radius 2 is 1.29 bits per heavy atom. The van der Waals surface area contributed by atoms with Crippen LogP contribution in [0.4, 0.5) is 21.9 Å². The zero-order valence-electron chi connectivity index (χ0n) is 19.1. The summed E-state index contributed by atoms with van der Waals surface area (Å²) in [6, 6.07) is 23.6. The monoisotopic (exact) mass is 460 g/mol. The Hall–Kier alpha value is -4.33. The second kappa shape index (κ2) is 12.1. The second-order valence-corrected chi connectivity index (χ2v) is 7.91. The zero-order valence-corrected chi connectivity index (χ0v) is 19.1. The molecule has 4 N–H and O–H groups in total. The predicted molar refractivity (Wildman–Crippen MR) is 133 cm³/mol. The van der Waals surface area contributed by atoms with Crippen molar-refractivity contribution in [1.29, 1.82) is 0 Å². The number of carbonyl (C=O) groups excluding carboxylic acids is 3. The van der Waals surface area contributed by atoms with Crippen molar-refractivity contribution >= 4 is 34.9 Å². The quantitative estimate of drug-likeness (QED) is 0.377. The molecule has 0 bridgehead atoms. The van der Waals surface area contributed by atoms with Crippen molar-refractivity contribution in [2.24, 2.45) is 5.92 Å². The van der Waals surface area contributed by atoms with Crippen molar-refractivity contribution in [2.75, 3.05) is 22.6 Å². The summed E-state index contributed by atoms with van der Waals surface area (Å²) in [5.41, 5.74) is 1.66. The number of rotatable bonds is 9. The van der Waals surface area contributed by atoms with E-state index in [1.54, 1.807) is 48.5 Å². The lowest BCUT2D eigenvalue weighted by atomic mass is 10.0. The van der Waals surface area contributed by atoms with Gasteiger partial charge < -0.3 is 26.0 Å². The third-order valence-electron chi connectivity index (χ3n) is 4.80. The first-order valence-corrected chi connectivity index (χ1v) is 10.9. The molecule has 8 nitrogen and oxygen atoms in total. The molecule has 4 amide bonds. The van der Waals surface area contributed by atoms with Crippen LogP contribution in [0, 0.1) is 5.92 Å². The SMILES string of the molecule is CC(C)C(NC(=O)COc1ccccc1)C(=O)Nc1cccc(NC(=O)Nc2ccccc2)c1. The Kier molecular flexibility index (Phi) is 8.62. The molecule has 0 saturated carbocycles. The van der Waals surface area contributed by atoms with E-state index in [-0.39, 0.29) is 18.4 Å². The van der Waals surface area contributed by atoms with Gasteiger partial charge in [0.1, 0.15) is 11.8 Å². The number of anilines is 3. The Bertz CT molecular complexity index is 1100. The molecule has 3 rings (SSSR count). The molecule has 1 unspecified atom stereocenters. The summed E-state index contributed by atoms with van der Waals surface area (Å²) in [5.74, 6) is -0.345. The van der Waals surface area contributed by atoms with Gasteiger partial charge in [0.25, 0.3) is 5.91 Å². The summed E-state index contributed by atoms with van der Waals surface area (Å²) in [7, 11) is 0. The number of ether oxygens (including phenoxy) is 1. The Morgan fingerprint density at radius 3 is 1.94 bits per heavy atom. The van der Waals surface area contributed by atoms with Crippen LogP contribution < -0.4 is 26.0 Å². The number of hydrogen-bond donors (Lipinski definition) is 4. The Morgan fingerprint density at radius 1 is 0.735 bits per heavy atom. The van der Waals surface area contributed by atoms with Gasteiger partial charge in [-0.1, -0.05) is 56.3 Å². The lowest BCUT2D eigenvalue weighted by Gasteiger charge is -2.22. The standard InChI is InChI=1S/C26H28N4O4/c1-18(2)24(30-23(31)17-34-22-14-7-4-8-15-22)25(32)27-20-12-9-13-21(16-20)29-26(33)28-19-10-5-3-6-11-19/h3-16,18,24H,17H2,1-2H3,(H,27,32)(H,30,31)(H2,28,29,33). The van der Waals surface area contributed by atoms with E-state index < -0.39 is 18.0 Å². The molecule has 3 aromatic rings. The zero-order chi connectivity index (χ0) is 24.3. The molecular formula is C26H28N4O4. The van der Waals surface area contributed by atoms with Crippen molar-refractivity contribution in [3.8, 4) is 5.75 Å². The highest BCUT2D eigenvalue weighted by molar-refractivity contribution is 6.01. The van der Waals surface area contributed by atoms with Gasteiger partial charge in [-0.25, -0.2) is 4.79 Å². The van der Waals surface area contributed by atoms with Gasteiger partial charge >= 0.3 is 6.03 Å². The van der Waals surface area contributed by atoms with Crippen LogP contribution in [0.2, 0.25) is 0 Å². The average Bonchev–Trinajstić information content (AvgIpc) is 2.82. The van der Waals surface area contributed by atoms with Crippen molar-refractivity contribution < 1.29 is 19.1 Å². The van der Waals surface area contributed by atoms with E-state index in [1.165, 1.54) is 0 Å². The van der Waals surface area contributed by atoms with Gasteiger partial charge in [0, 0.05) is 17.1 Å². The number of urea groups is 1. The third-order valence-corrected chi connectivity index (χ3v) is 4.80. The van der Waals surface area contributed by atoms with Crippen LogP contribution >= 0.6 is 0 Å². The lowest BCUT2D eigenvalue weighted by molar-refractivity contribution is -0.128. The van der Waals surface area contributed by atoms with Gasteiger partial charge in [0.15, 0.2) is 6.61 Å². The maximum Gasteiger partial charge on any atom is 0.323 e. The highest BCUT2D eigenvalue weighted by Crippen LogP contribution is 2.17. The fourth-order valence-corrected chi connectivity index (χ4v) is 3.13. The Labute approximate surface area is 198 Å². The molecule has 0 fully saturated rings. The maximum atomic E-state index is 12.9. The summed E-state index contributed by atoms with van der Waals surface area (Å²) in [4.78, 5) is 37.4. The maximum absolute atomic E-state index is 12.9. The molecule has 176 valence electrons. The van der Waals surface area contributed by atoms with Gasteiger partial charge in [-0.2, -0.15) is 0 Å². The summed E-state index contributed by atoms with van der Waals surface area (Å²) in [6.45, 7) is 3.49. The molecule has 0 aliphatic rings. The molecule has 34 heavy (non-hydrogen) atoms. The fourth-order valence-electron chi connectivity index (χ4n) is 3.13. The van der Waals surface area contributed by atoms with Gasteiger partial charge in [0.05, 0.1) is 0 Å². The molecule has 0 saturated heterocycles. The second-order valence-electron chi connectivity index (χ2n) is 7.91. The molecule has 0 aromatic heterocycles. The van der Waals surface area contributed by atoms with E-state index in [0.717, 1.165) is 0 Å². The van der Waals surface area contributed by atoms with Crippen LogP contribution in [0.15, 0.2) is 84.9 Å². The first kappa shape index (κ1) is 24.3. The van der Waals surface area contributed by atoms with Crippen LogP contribution in [-0.2, 0) is 9.59 Å². The smallest absolute Gasteiger partial charge is 0.323 e. The van der Waals surface area contributed by atoms with Crippen molar-refractivity contribution in [2.45, 2.75) is 19.9 Å². The predicted octanol–water partition coefficient (Wildman–Crippen LogP) is 4.49. The number of para-hydroxylation sites is 2. The summed E-state index contributed by atoms with van der Waals surface area (Å²) >= 11 is 0. The first-order valence-electron chi connectivity index (χ1n) is 10.9. The Balaban J connectivity index is 1.55. The van der Waals surface area contributed by atoms with E-state index in [1.807, 2.05) is 50.2 Å². The summed E-state index contributed by atoms with van der Waals surface area (Å²) in [5, 5.41) is 11.0. The van der Waals surface area contributed by atoms with Crippen molar-refractivity contribution in [3.05, 3.63) is 84.9 Å². The fraction of sp³-hybridized carbons (Fsp3) is 0.192. The molecular weight excluding hydrogens is 432 g/mol. The number of amides is 4. The minimum atomic E-state index is -0.759.